The summed E-state index contributed by atoms with van der Waals surface area (Å²) in [5.74, 6) is -0.273. The molecule has 0 aliphatic carbocycles. The van der Waals surface area contributed by atoms with Crippen molar-refractivity contribution in [3.05, 3.63) is 88.6 Å². The Balaban J connectivity index is 1.64. The van der Waals surface area contributed by atoms with E-state index < -0.39 is 10.0 Å². The van der Waals surface area contributed by atoms with Gasteiger partial charge >= 0.3 is 0 Å². The number of thiophene rings is 1. The Morgan fingerprint density at radius 2 is 1.75 bits per heavy atom. The second kappa shape index (κ2) is 8.97. The zero-order valence-corrected chi connectivity index (χ0v) is 16.9. The van der Waals surface area contributed by atoms with Crippen LogP contribution in [0.15, 0.2) is 83.1 Å². The summed E-state index contributed by atoms with van der Waals surface area (Å²) in [6, 6.07) is 19.4. The molecule has 7 heteroatoms. The van der Waals surface area contributed by atoms with Crippen molar-refractivity contribution in [1.29, 1.82) is 0 Å². The summed E-state index contributed by atoms with van der Waals surface area (Å²) in [7, 11) is -2.07. The molecule has 3 rings (SSSR count). The highest BCUT2D eigenvalue weighted by atomic mass is 32.2. The van der Waals surface area contributed by atoms with E-state index in [1.165, 1.54) is 22.5 Å². The molecular weight excluding hydrogens is 392 g/mol. The first kappa shape index (κ1) is 20.0. The van der Waals surface area contributed by atoms with Crippen molar-refractivity contribution in [2.45, 2.75) is 11.4 Å². The molecule has 0 saturated heterocycles. The molecule has 0 radical (unpaired) electrons. The molecular formula is C21H20N2O3S2. The van der Waals surface area contributed by atoms with Gasteiger partial charge in [-0.25, -0.2) is 8.42 Å². The number of rotatable bonds is 7. The lowest BCUT2D eigenvalue weighted by molar-refractivity contribution is -0.111. The van der Waals surface area contributed by atoms with E-state index in [4.69, 9.17) is 0 Å². The predicted molar refractivity (Wildman–Crippen MR) is 114 cm³/mol. The molecule has 0 aliphatic rings. The predicted octanol–water partition coefficient (Wildman–Crippen LogP) is 4.22. The third-order valence-corrected chi connectivity index (χ3v) is 6.68. The van der Waals surface area contributed by atoms with Gasteiger partial charge in [-0.1, -0.05) is 36.4 Å². The van der Waals surface area contributed by atoms with Crippen molar-refractivity contribution in [2.75, 3.05) is 12.4 Å². The number of nitrogens with zero attached hydrogens (tertiary/aromatic N) is 1. The fraction of sp³-hybridized carbons (Fsp3) is 0.0952. The lowest BCUT2D eigenvalue weighted by atomic mass is 10.2. The Morgan fingerprint density at radius 3 is 2.39 bits per heavy atom. The molecule has 5 nitrogen and oxygen atoms in total. The van der Waals surface area contributed by atoms with Crippen LogP contribution in [-0.2, 0) is 21.4 Å². The first-order valence-electron chi connectivity index (χ1n) is 8.58. The Kier molecular flexibility index (Phi) is 6.41. The first-order valence-corrected chi connectivity index (χ1v) is 10.9. The van der Waals surface area contributed by atoms with Crippen LogP contribution in [0.5, 0.6) is 0 Å². The largest absolute Gasteiger partial charge is 0.323 e. The van der Waals surface area contributed by atoms with E-state index in [-0.39, 0.29) is 17.3 Å². The maximum absolute atomic E-state index is 12.7. The van der Waals surface area contributed by atoms with Gasteiger partial charge in [0.15, 0.2) is 0 Å². The number of amides is 1. The summed E-state index contributed by atoms with van der Waals surface area (Å²) >= 11 is 1.54. The van der Waals surface area contributed by atoms with Crippen molar-refractivity contribution < 1.29 is 13.2 Å². The fourth-order valence-corrected chi connectivity index (χ4v) is 4.32. The van der Waals surface area contributed by atoms with Crippen LogP contribution < -0.4 is 5.32 Å². The van der Waals surface area contributed by atoms with Gasteiger partial charge in [0, 0.05) is 30.2 Å². The van der Waals surface area contributed by atoms with E-state index in [1.807, 2.05) is 47.8 Å². The van der Waals surface area contributed by atoms with E-state index in [0.717, 1.165) is 10.4 Å². The number of carbonyl (C=O) groups is 1. The molecule has 1 aromatic heterocycles. The summed E-state index contributed by atoms with van der Waals surface area (Å²) in [5, 5.41) is 4.66. The van der Waals surface area contributed by atoms with E-state index >= 15 is 0 Å². The molecule has 0 fully saturated rings. The van der Waals surface area contributed by atoms with Crippen LogP contribution in [0, 0.1) is 0 Å². The van der Waals surface area contributed by atoms with Crippen molar-refractivity contribution in [3.63, 3.8) is 0 Å². The minimum Gasteiger partial charge on any atom is -0.323 e. The lowest BCUT2D eigenvalue weighted by Crippen LogP contribution is -2.26. The number of nitrogens with one attached hydrogen (secondary N) is 1. The Labute approximate surface area is 169 Å². The summed E-state index contributed by atoms with van der Waals surface area (Å²) in [5.41, 5.74) is 1.44. The Morgan fingerprint density at radius 1 is 1.04 bits per heavy atom. The van der Waals surface area contributed by atoms with Crippen molar-refractivity contribution in [1.82, 2.24) is 4.31 Å². The average molecular weight is 413 g/mol. The zero-order valence-electron chi connectivity index (χ0n) is 15.3. The van der Waals surface area contributed by atoms with Crippen LogP contribution in [-0.4, -0.2) is 25.7 Å². The second-order valence-electron chi connectivity index (χ2n) is 6.11. The Hall–Kier alpha value is -2.74. The highest BCUT2D eigenvalue weighted by Gasteiger charge is 2.20. The normalized spacial score (nSPS) is 11.8. The van der Waals surface area contributed by atoms with E-state index in [2.05, 4.69) is 5.32 Å². The highest BCUT2D eigenvalue weighted by molar-refractivity contribution is 7.89. The summed E-state index contributed by atoms with van der Waals surface area (Å²) in [6.45, 7) is 0.287. The smallest absolute Gasteiger partial charge is 0.248 e. The second-order valence-corrected chi connectivity index (χ2v) is 9.13. The number of hydrogen-bond donors (Lipinski definition) is 1. The van der Waals surface area contributed by atoms with Gasteiger partial charge in [0.2, 0.25) is 15.9 Å². The fourth-order valence-electron chi connectivity index (χ4n) is 2.54. The van der Waals surface area contributed by atoms with Gasteiger partial charge in [0.1, 0.15) is 0 Å². The molecule has 0 atom stereocenters. The Bertz CT molecular complexity index is 1040. The lowest BCUT2D eigenvalue weighted by Gasteiger charge is -2.17. The maximum Gasteiger partial charge on any atom is 0.248 e. The number of sulfonamides is 1. The number of hydrogen-bond acceptors (Lipinski definition) is 4. The minimum atomic E-state index is -3.61. The summed E-state index contributed by atoms with van der Waals surface area (Å²) in [4.78, 5) is 13.1. The van der Waals surface area contributed by atoms with Gasteiger partial charge in [0.25, 0.3) is 0 Å². The monoisotopic (exact) mass is 412 g/mol. The van der Waals surface area contributed by atoms with E-state index in [9.17, 15) is 13.2 Å². The van der Waals surface area contributed by atoms with Gasteiger partial charge in [-0.3, -0.25) is 4.79 Å². The molecule has 0 spiro atoms. The summed E-state index contributed by atoms with van der Waals surface area (Å²) < 4.78 is 26.8. The van der Waals surface area contributed by atoms with E-state index in [1.54, 1.807) is 36.6 Å². The molecule has 1 N–H and O–H groups in total. The molecule has 1 amide bonds. The molecule has 28 heavy (non-hydrogen) atoms. The van der Waals surface area contributed by atoms with E-state index in [0.29, 0.717) is 5.69 Å². The first-order chi connectivity index (χ1) is 13.4. The van der Waals surface area contributed by atoms with Gasteiger partial charge in [-0.15, -0.1) is 11.3 Å². The van der Waals surface area contributed by atoms with Crippen LogP contribution >= 0.6 is 11.3 Å². The van der Waals surface area contributed by atoms with Crippen LogP contribution in [0.2, 0.25) is 0 Å². The highest BCUT2D eigenvalue weighted by Crippen LogP contribution is 2.19. The molecule has 2 aromatic carbocycles. The number of carbonyl (C=O) groups excluding carboxylic acids is 1. The average Bonchev–Trinajstić information content (AvgIpc) is 3.21. The quantitative estimate of drug-likeness (QED) is 0.591. The molecule has 1 heterocycles. The number of benzene rings is 2. The molecule has 0 saturated carbocycles. The van der Waals surface area contributed by atoms with Crippen LogP contribution in [0.1, 0.15) is 10.4 Å². The molecule has 0 aliphatic heterocycles. The standard InChI is InChI=1S/C21H20N2O3S2/c1-23(16-17-6-3-2-4-7-17)28(25,26)20-12-9-18(10-13-20)22-21(24)14-11-19-8-5-15-27-19/h2-15H,16H2,1H3,(H,22,24). The van der Waals surface area contributed by atoms with Gasteiger partial charge < -0.3 is 5.32 Å². The number of anilines is 1. The van der Waals surface area contributed by atoms with Crippen LogP contribution in [0.3, 0.4) is 0 Å². The minimum absolute atomic E-state index is 0.179. The van der Waals surface area contributed by atoms with Crippen LogP contribution in [0.4, 0.5) is 5.69 Å². The van der Waals surface area contributed by atoms with Gasteiger partial charge in [0.05, 0.1) is 4.90 Å². The van der Waals surface area contributed by atoms with Gasteiger partial charge in [-0.05, 0) is 47.4 Å². The molecule has 0 bridgehead atoms. The van der Waals surface area contributed by atoms with Crippen molar-refractivity contribution >= 4 is 39.0 Å². The topological polar surface area (TPSA) is 66.5 Å². The molecule has 144 valence electrons. The summed E-state index contributed by atoms with van der Waals surface area (Å²) in [6.07, 6.45) is 3.18. The van der Waals surface area contributed by atoms with Crippen molar-refractivity contribution in [3.8, 4) is 0 Å². The third kappa shape index (κ3) is 5.16. The maximum atomic E-state index is 12.7. The molecule has 0 unspecified atom stereocenters. The van der Waals surface area contributed by atoms with Gasteiger partial charge in [-0.2, -0.15) is 4.31 Å². The third-order valence-electron chi connectivity index (χ3n) is 4.02. The molecule has 3 aromatic rings. The van der Waals surface area contributed by atoms with Crippen LogP contribution in [0.25, 0.3) is 6.08 Å². The zero-order chi connectivity index (χ0) is 20.0. The SMILES string of the molecule is CN(Cc1ccccc1)S(=O)(=O)c1ccc(NC(=O)C=Cc2cccs2)cc1. The van der Waals surface area contributed by atoms with Crippen molar-refractivity contribution in [2.24, 2.45) is 0 Å².